The number of aliphatic hydroxyl groups excluding tert-OH is 1. The van der Waals surface area contributed by atoms with E-state index >= 15 is 0 Å². The van der Waals surface area contributed by atoms with Gasteiger partial charge in [0.15, 0.2) is 0 Å². The Hall–Kier alpha value is -1.13. The monoisotopic (exact) mass is 236 g/mol. The number of rotatable bonds is 5. The van der Waals surface area contributed by atoms with Gasteiger partial charge in [-0.05, 0) is 50.4 Å². The molecule has 2 rings (SSSR count). The summed E-state index contributed by atoms with van der Waals surface area (Å²) < 4.78 is 5.69. The lowest BCUT2D eigenvalue weighted by molar-refractivity contribution is 0.234. The van der Waals surface area contributed by atoms with Crippen LogP contribution in [0, 0.1) is 5.92 Å². The highest BCUT2D eigenvalue weighted by molar-refractivity contribution is 5.25. The molecule has 2 N–H and O–H groups in total. The van der Waals surface area contributed by atoms with Crippen molar-refractivity contribution in [1.82, 2.24) is 10.3 Å². The van der Waals surface area contributed by atoms with Crippen LogP contribution >= 0.6 is 0 Å². The van der Waals surface area contributed by atoms with Crippen LogP contribution in [-0.4, -0.2) is 29.8 Å². The van der Waals surface area contributed by atoms with Crippen LogP contribution in [-0.2, 0) is 6.61 Å². The fourth-order valence-corrected chi connectivity index (χ4v) is 2.18. The molecular weight excluding hydrogens is 216 g/mol. The third-order valence-corrected chi connectivity index (χ3v) is 3.24. The van der Waals surface area contributed by atoms with Crippen LogP contribution in [0.2, 0.25) is 0 Å². The standard InChI is InChI=1S/C13H20N2O2/c16-10-12-13(2-1-6-15-12)17-9-5-11-3-7-14-8-4-11/h1-2,6,11,14,16H,3-5,7-10H2. The van der Waals surface area contributed by atoms with Gasteiger partial charge in [0, 0.05) is 6.20 Å². The van der Waals surface area contributed by atoms with Crippen LogP contribution in [0.4, 0.5) is 0 Å². The Labute approximate surface area is 102 Å². The number of aliphatic hydroxyl groups is 1. The quantitative estimate of drug-likeness (QED) is 0.810. The zero-order valence-electron chi connectivity index (χ0n) is 10.1. The summed E-state index contributed by atoms with van der Waals surface area (Å²) in [5.74, 6) is 1.48. The van der Waals surface area contributed by atoms with E-state index in [1.54, 1.807) is 6.20 Å². The normalized spacial score (nSPS) is 17.0. The fraction of sp³-hybridized carbons (Fsp3) is 0.615. The Morgan fingerprint density at radius 3 is 3.00 bits per heavy atom. The highest BCUT2D eigenvalue weighted by Crippen LogP contribution is 2.19. The maximum absolute atomic E-state index is 9.12. The lowest BCUT2D eigenvalue weighted by atomic mass is 9.95. The topological polar surface area (TPSA) is 54.4 Å². The van der Waals surface area contributed by atoms with E-state index in [0.717, 1.165) is 25.4 Å². The molecule has 0 unspecified atom stereocenters. The lowest BCUT2D eigenvalue weighted by Crippen LogP contribution is -2.28. The Morgan fingerprint density at radius 1 is 1.41 bits per heavy atom. The molecule has 1 aliphatic rings. The molecule has 17 heavy (non-hydrogen) atoms. The SMILES string of the molecule is OCc1ncccc1OCCC1CCNCC1. The molecule has 1 aliphatic heterocycles. The minimum absolute atomic E-state index is 0.0660. The average molecular weight is 236 g/mol. The van der Waals surface area contributed by atoms with Crippen molar-refractivity contribution in [2.75, 3.05) is 19.7 Å². The summed E-state index contributed by atoms with van der Waals surface area (Å²) in [5, 5.41) is 12.5. The molecule has 0 aromatic carbocycles. The van der Waals surface area contributed by atoms with Gasteiger partial charge >= 0.3 is 0 Å². The summed E-state index contributed by atoms with van der Waals surface area (Å²) in [4.78, 5) is 4.08. The van der Waals surface area contributed by atoms with Gasteiger partial charge in [0.05, 0.1) is 13.2 Å². The highest BCUT2D eigenvalue weighted by Gasteiger charge is 2.13. The minimum atomic E-state index is -0.0660. The maximum Gasteiger partial charge on any atom is 0.143 e. The van der Waals surface area contributed by atoms with Crippen molar-refractivity contribution in [3.05, 3.63) is 24.0 Å². The van der Waals surface area contributed by atoms with Crippen molar-refractivity contribution in [2.24, 2.45) is 5.92 Å². The summed E-state index contributed by atoms with van der Waals surface area (Å²) in [7, 11) is 0. The van der Waals surface area contributed by atoms with Crippen molar-refractivity contribution >= 4 is 0 Å². The van der Waals surface area contributed by atoms with Crippen LogP contribution < -0.4 is 10.1 Å². The van der Waals surface area contributed by atoms with Crippen LogP contribution in [0.1, 0.15) is 25.0 Å². The number of aromatic nitrogens is 1. The summed E-state index contributed by atoms with van der Waals surface area (Å²) in [6.45, 7) is 2.89. The van der Waals surface area contributed by atoms with E-state index < -0.39 is 0 Å². The van der Waals surface area contributed by atoms with Gasteiger partial charge in [0.1, 0.15) is 11.4 Å². The van der Waals surface area contributed by atoms with Gasteiger partial charge in [-0.2, -0.15) is 0 Å². The third kappa shape index (κ3) is 3.68. The molecule has 1 aromatic rings. The number of piperidine rings is 1. The third-order valence-electron chi connectivity index (χ3n) is 3.24. The smallest absolute Gasteiger partial charge is 0.143 e. The molecule has 0 spiro atoms. The lowest BCUT2D eigenvalue weighted by Gasteiger charge is -2.22. The first-order valence-corrected chi connectivity index (χ1v) is 6.28. The van der Waals surface area contributed by atoms with E-state index in [2.05, 4.69) is 10.3 Å². The largest absolute Gasteiger partial charge is 0.492 e. The molecular formula is C13H20N2O2. The first-order chi connectivity index (χ1) is 8.40. The van der Waals surface area contributed by atoms with Crippen LogP contribution in [0.5, 0.6) is 5.75 Å². The zero-order valence-corrected chi connectivity index (χ0v) is 10.1. The molecule has 4 heteroatoms. The van der Waals surface area contributed by atoms with E-state index in [4.69, 9.17) is 9.84 Å². The predicted octanol–water partition coefficient (Wildman–Crippen LogP) is 1.34. The first kappa shape index (κ1) is 12.3. The summed E-state index contributed by atoms with van der Waals surface area (Å²) >= 11 is 0. The van der Waals surface area contributed by atoms with Crippen LogP contribution in [0.25, 0.3) is 0 Å². The predicted molar refractivity (Wildman–Crippen MR) is 65.9 cm³/mol. The number of hydrogen-bond donors (Lipinski definition) is 2. The summed E-state index contributed by atoms with van der Waals surface area (Å²) in [6.07, 6.45) is 5.24. The van der Waals surface area contributed by atoms with Crippen molar-refractivity contribution in [3.8, 4) is 5.75 Å². The first-order valence-electron chi connectivity index (χ1n) is 6.28. The van der Waals surface area contributed by atoms with Gasteiger partial charge in [-0.25, -0.2) is 0 Å². The zero-order chi connectivity index (χ0) is 11.9. The van der Waals surface area contributed by atoms with Gasteiger partial charge in [-0.1, -0.05) is 0 Å². The number of pyridine rings is 1. The van der Waals surface area contributed by atoms with Crippen molar-refractivity contribution in [1.29, 1.82) is 0 Å². The van der Waals surface area contributed by atoms with E-state index in [-0.39, 0.29) is 6.61 Å². The van der Waals surface area contributed by atoms with Gasteiger partial charge in [0.25, 0.3) is 0 Å². The van der Waals surface area contributed by atoms with E-state index in [1.807, 2.05) is 12.1 Å². The molecule has 1 aromatic heterocycles. The molecule has 0 radical (unpaired) electrons. The Balaban J connectivity index is 1.77. The number of hydrogen-bond acceptors (Lipinski definition) is 4. The Kier molecular flexibility index (Phi) is 4.76. The van der Waals surface area contributed by atoms with Gasteiger partial charge < -0.3 is 15.2 Å². The second kappa shape index (κ2) is 6.57. The van der Waals surface area contributed by atoms with Gasteiger partial charge in [-0.15, -0.1) is 0 Å². The fourth-order valence-electron chi connectivity index (χ4n) is 2.18. The van der Waals surface area contributed by atoms with E-state index in [9.17, 15) is 0 Å². The molecule has 0 atom stereocenters. The molecule has 0 bridgehead atoms. The highest BCUT2D eigenvalue weighted by atomic mass is 16.5. The molecule has 2 heterocycles. The van der Waals surface area contributed by atoms with Crippen molar-refractivity contribution < 1.29 is 9.84 Å². The molecule has 1 saturated heterocycles. The number of ether oxygens (including phenoxy) is 1. The van der Waals surface area contributed by atoms with E-state index in [0.29, 0.717) is 18.1 Å². The summed E-state index contributed by atoms with van der Waals surface area (Å²) in [6, 6.07) is 3.69. The molecule has 0 saturated carbocycles. The second-order valence-corrected chi connectivity index (χ2v) is 4.44. The molecule has 1 fully saturated rings. The van der Waals surface area contributed by atoms with Gasteiger partial charge in [0.2, 0.25) is 0 Å². The van der Waals surface area contributed by atoms with E-state index in [1.165, 1.54) is 12.8 Å². The summed E-state index contributed by atoms with van der Waals surface area (Å²) in [5.41, 5.74) is 0.623. The average Bonchev–Trinajstić information content (AvgIpc) is 2.40. The Morgan fingerprint density at radius 2 is 2.24 bits per heavy atom. The van der Waals surface area contributed by atoms with Crippen molar-refractivity contribution in [2.45, 2.75) is 25.9 Å². The molecule has 0 aliphatic carbocycles. The maximum atomic E-state index is 9.12. The molecule has 0 amide bonds. The molecule has 94 valence electrons. The van der Waals surface area contributed by atoms with Crippen LogP contribution in [0.15, 0.2) is 18.3 Å². The van der Waals surface area contributed by atoms with Gasteiger partial charge in [-0.3, -0.25) is 4.98 Å². The van der Waals surface area contributed by atoms with Crippen LogP contribution in [0.3, 0.4) is 0 Å². The molecule has 4 nitrogen and oxygen atoms in total. The van der Waals surface area contributed by atoms with Crippen molar-refractivity contribution in [3.63, 3.8) is 0 Å². The Bertz CT molecular complexity index is 338. The number of nitrogens with zero attached hydrogens (tertiary/aromatic N) is 1. The minimum Gasteiger partial charge on any atom is -0.492 e. The number of nitrogens with one attached hydrogen (secondary N) is 1. The second-order valence-electron chi connectivity index (χ2n) is 4.44.